The summed E-state index contributed by atoms with van der Waals surface area (Å²) in [4.78, 5) is 12.4. The lowest BCUT2D eigenvalue weighted by molar-refractivity contribution is 0.222. The molecule has 0 unspecified atom stereocenters. The first-order chi connectivity index (χ1) is 11.9. The number of unbranched alkanes of at least 4 members (excludes halogenated alkanes) is 5. The molecule has 0 aliphatic rings. The third-order valence-corrected chi connectivity index (χ3v) is 5.92. The molecule has 0 atom stereocenters. The first-order valence-electron chi connectivity index (χ1n) is 8.99. The van der Waals surface area contributed by atoms with Crippen molar-refractivity contribution in [2.75, 3.05) is 13.1 Å². The fourth-order valence-corrected chi connectivity index (χ4v) is 3.93. The smallest absolute Gasteiger partial charge is 0.331 e. The second kappa shape index (κ2) is 11.4. The maximum absolute atomic E-state index is 12.8. The Morgan fingerprint density at radius 2 is 1.60 bits per heavy atom. The van der Waals surface area contributed by atoms with Crippen LogP contribution in [-0.2, 0) is 10.0 Å². The summed E-state index contributed by atoms with van der Waals surface area (Å²) in [6.45, 7) is 4.71. The molecule has 0 aliphatic carbocycles. The van der Waals surface area contributed by atoms with E-state index in [1.165, 1.54) is 30.7 Å². The Kier molecular flexibility index (Phi) is 9.90. The molecule has 0 radical (unpaired) electrons. The van der Waals surface area contributed by atoms with Gasteiger partial charge in [0, 0.05) is 18.1 Å². The number of nitrogens with one attached hydrogen (secondary N) is 1. The van der Waals surface area contributed by atoms with Crippen molar-refractivity contribution >= 4 is 27.7 Å². The molecule has 142 valence electrons. The lowest BCUT2D eigenvalue weighted by atomic mass is 10.1. The molecule has 5 nitrogen and oxygen atoms in total. The van der Waals surface area contributed by atoms with Gasteiger partial charge < -0.3 is 5.32 Å². The second-order valence-electron chi connectivity index (χ2n) is 6.03. The van der Waals surface area contributed by atoms with E-state index in [1.807, 2.05) is 6.92 Å². The fourth-order valence-electron chi connectivity index (χ4n) is 2.42. The number of rotatable bonds is 11. The molecular formula is C18H29ClN2O3S. The van der Waals surface area contributed by atoms with Gasteiger partial charge in [-0.05, 0) is 37.1 Å². The molecule has 0 aromatic heterocycles. The highest BCUT2D eigenvalue weighted by Crippen LogP contribution is 2.19. The van der Waals surface area contributed by atoms with Crippen LogP contribution in [-0.4, -0.2) is 31.8 Å². The van der Waals surface area contributed by atoms with Crippen molar-refractivity contribution in [1.82, 2.24) is 9.62 Å². The maximum atomic E-state index is 12.8. The van der Waals surface area contributed by atoms with Crippen LogP contribution >= 0.6 is 11.6 Å². The van der Waals surface area contributed by atoms with Crippen molar-refractivity contribution in [3.8, 4) is 0 Å². The molecule has 0 bridgehead atoms. The third-order valence-electron chi connectivity index (χ3n) is 3.87. The van der Waals surface area contributed by atoms with E-state index in [2.05, 4.69) is 12.2 Å². The molecule has 1 N–H and O–H groups in total. The molecule has 25 heavy (non-hydrogen) atoms. The third kappa shape index (κ3) is 7.24. The van der Waals surface area contributed by atoms with E-state index in [1.54, 1.807) is 0 Å². The molecule has 0 saturated carbocycles. The fraction of sp³-hybridized carbons (Fsp3) is 0.611. The van der Waals surface area contributed by atoms with Gasteiger partial charge >= 0.3 is 6.03 Å². The predicted molar refractivity (Wildman–Crippen MR) is 102 cm³/mol. The maximum Gasteiger partial charge on any atom is 0.331 e. The normalized spacial score (nSPS) is 11.3. The standard InChI is InChI=1S/C18H29ClN2O3S/c1-3-5-6-7-8-9-15-21(18(22)20-14-4-2)25(23,24)17-12-10-16(19)11-13-17/h10-13H,3-9,14-15H2,1-2H3,(H,20,22). The van der Waals surface area contributed by atoms with Gasteiger partial charge in [-0.3, -0.25) is 0 Å². The molecule has 1 aromatic rings. The Hall–Kier alpha value is -1.27. The number of urea groups is 1. The van der Waals surface area contributed by atoms with E-state index >= 15 is 0 Å². The highest BCUT2D eigenvalue weighted by atomic mass is 35.5. The Labute approximate surface area is 156 Å². The lowest BCUT2D eigenvalue weighted by Gasteiger charge is -2.23. The quantitative estimate of drug-likeness (QED) is 0.553. The van der Waals surface area contributed by atoms with Gasteiger partial charge in [-0.1, -0.05) is 57.6 Å². The summed E-state index contributed by atoms with van der Waals surface area (Å²) < 4.78 is 26.6. The minimum absolute atomic E-state index is 0.0783. The summed E-state index contributed by atoms with van der Waals surface area (Å²) in [7, 11) is -3.88. The molecule has 0 spiro atoms. The molecule has 0 saturated heterocycles. The average molecular weight is 389 g/mol. The zero-order valence-corrected chi connectivity index (χ0v) is 16.7. The number of benzene rings is 1. The van der Waals surface area contributed by atoms with Crippen LogP contribution < -0.4 is 5.32 Å². The highest BCUT2D eigenvalue weighted by molar-refractivity contribution is 7.89. The van der Waals surface area contributed by atoms with E-state index in [-0.39, 0.29) is 11.4 Å². The topological polar surface area (TPSA) is 66.5 Å². The Balaban J connectivity index is 2.82. The largest absolute Gasteiger partial charge is 0.337 e. The van der Waals surface area contributed by atoms with Crippen LogP contribution in [0, 0.1) is 0 Å². The number of hydrogen-bond acceptors (Lipinski definition) is 3. The Morgan fingerprint density at radius 3 is 2.20 bits per heavy atom. The number of carbonyl (C=O) groups excluding carboxylic acids is 1. The number of hydrogen-bond donors (Lipinski definition) is 1. The van der Waals surface area contributed by atoms with E-state index in [0.717, 1.165) is 36.4 Å². The summed E-state index contributed by atoms with van der Waals surface area (Å²) in [5, 5.41) is 3.12. The van der Waals surface area contributed by atoms with Gasteiger partial charge in [-0.15, -0.1) is 0 Å². The zero-order valence-electron chi connectivity index (χ0n) is 15.1. The minimum Gasteiger partial charge on any atom is -0.337 e. The molecule has 7 heteroatoms. The number of nitrogens with zero attached hydrogens (tertiary/aromatic N) is 1. The van der Waals surface area contributed by atoms with Crippen LogP contribution in [0.5, 0.6) is 0 Å². The number of halogens is 1. The number of sulfonamides is 1. The molecule has 1 aromatic carbocycles. The van der Waals surface area contributed by atoms with Crippen LogP contribution in [0.2, 0.25) is 5.02 Å². The number of carbonyl (C=O) groups is 1. The Bertz CT molecular complexity index is 618. The predicted octanol–water partition coefficient (Wildman–Crippen LogP) is 4.81. The SMILES string of the molecule is CCCCCCCCN(C(=O)NCCC)S(=O)(=O)c1ccc(Cl)cc1. The van der Waals surface area contributed by atoms with Gasteiger partial charge in [0.2, 0.25) is 0 Å². The van der Waals surface area contributed by atoms with Crippen LogP contribution in [0.1, 0.15) is 58.8 Å². The summed E-state index contributed by atoms with van der Waals surface area (Å²) in [6, 6.07) is 5.33. The monoisotopic (exact) mass is 388 g/mol. The van der Waals surface area contributed by atoms with E-state index in [9.17, 15) is 13.2 Å². The minimum atomic E-state index is -3.88. The average Bonchev–Trinajstić information content (AvgIpc) is 2.59. The van der Waals surface area contributed by atoms with Gasteiger partial charge in [-0.25, -0.2) is 17.5 Å². The van der Waals surface area contributed by atoms with E-state index in [0.29, 0.717) is 18.0 Å². The van der Waals surface area contributed by atoms with Crippen molar-refractivity contribution in [3.63, 3.8) is 0 Å². The van der Waals surface area contributed by atoms with Crippen LogP contribution in [0.3, 0.4) is 0 Å². The van der Waals surface area contributed by atoms with Crippen molar-refractivity contribution in [3.05, 3.63) is 29.3 Å². The first kappa shape index (κ1) is 21.8. The van der Waals surface area contributed by atoms with Crippen LogP contribution in [0.4, 0.5) is 4.79 Å². The summed E-state index contributed by atoms with van der Waals surface area (Å²) in [5.74, 6) is 0. The molecule has 1 rings (SSSR count). The van der Waals surface area contributed by atoms with Gasteiger partial charge in [0.15, 0.2) is 0 Å². The first-order valence-corrected chi connectivity index (χ1v) is 10.8. The van der Waals surface area contributed by atoms with Crippen molar-refractivity contribution in [2.24, 2.45) is 0 Å². The van der Waals surface area contributed by atoms with Crippen molar-refractivity contribution in [2.45, 2.75) is 63.7 Å². The van der Waals surface area contributed by atoms with Gasteiger partial charge in [-0.2, -0.15) is 0 Å². The van der Waals surface area contributed by atoms with Gasteiger partial charge in [0.1, 0.15) is 0 Å². The van der Waals surface area contributed by atoms with E-state index in [4.69, 9.17) is 11.6 Å². The molecule has 0 fully saturated rings. The van der Waals surface area contributed by atoms with Crippen LogP contribution in [0.15, 0.2) is 29.2 Å². The lowest BCUT2D eigenvalue weighted by Crippen LogP contribution is -2.44. The van der Waals surface area contributed by atoms with Crippen molar-refractivity contribution < 1.29 is 13.2 Å². The summed E-state index contributed by atoms with van der Waals surface area (Å²) in [6.07, 6.45) is 6.86. The second-order valence-corrected chi connectivity index (χ2v) is 8.33. The Morgan fingerprint density at radius 1 is 1.00 bits per heavy atom. The molecule has 0 heterocycles. The zero-order chi connectivity index (χ0) is 18.7. The summed E-state index contributed by atoms with van der Waals surface area (Å²) in [5.41, 5.74) is 0. The molecule has 2 amide bonds. The summed E-state index contributed by atoms with van der Waals surface area (Å²) >= 11 is 5.83. The number of amides is 2. The molecular weight excluding hydrogens is 360 g/mol. The van der Waals surface area contributed by atoms with Gasteiger partial charge in [0.05, 0.1) is 4.90 Å². The van der Waals surface area contributed by atoms with Crippen LogP contribution in [0.25, 0.3) is 0 Å². The molecule has 0 aliphatic heterocycles. The highest BCUT2D eigenvalue weighted by Gasteiger charge is 2.28. The van der Waals surface area contributed by atoms with E-state index < -0.39 is 16.1 Å². The van der Waals surface area contributed by atoms with Crippen molar-refractivity contribution in [1.29, 1.82) is 0 Å². The van der Waals surface area contributed by atoms with Gasteiger partial charge in [0.25, 0.3) is 10.0 Å².